The van der Waals surface area contributed by atoms with E-state index >= 15 is 0 Å². The number of amides is 2. The van der Waals surface area contributed by atoms with Crippen molar-refractivity contribution in [2.24, 2.45) is 17.8 Å². The molecule has 0 aromatic rings. The number of aliphatic carboxylic acids is 1. The van der Waals surface area contributed by atoms with Gasteiger partial charge in [-0.25, -0.2) is 4.79 Å². The Morgan fingerprint density at radius 3 is 2.43 bits per heavy atom. The Bertz CT molecular complexity index is 397. The lowest BCUT2D eigenvalue weighted by molar-refractivity contribution is -0.137. The average Bonchev–Trinajstić information content (AvgIpc) is 3.00. The highest BCUT2D eigenvalue weighted by molar-refractivity contribution is 5.75. The Morgan fingerprint density at radius 1 is 1.24 bits per heavy atom. The Hall–Kier alpha value is -1.26. The highest BCUT2D eigenvalue weighted by Crippen LogP contribution is 2.49. The molecule has 5 heteroatoms. The second-order valence-corrected chi connectivity index (χ2v) is 7.01. The van der Waals surface area contributed by atoms with Crippen LogP contribution in [-0.4, -0.2) is 40.6 Å². The smallest absolute Gasteiger partial charge is 0.317 e. The quantitative estimate of drug-likeness (QED) is 0.791. The molecular weight excluding hydrogens is 268 g/mol. The molecule has 0 heterocycles. The molecule has 4 atom stereocenters. The van der Waals surface area contributed by atoms with Crippen molar-refractivity contribution in [1.82, 2.24) is 10.2 Å². The number of carbonyl (C=O) groups excluding carboxylic acids is 1. The van der Waals surface area contributed by atoms with Gasteiger partial charge in [-0.05, 0) is 57.8 Å². The van der Waals surface area contributed by atoms with E-state index in [0.717, 1.165) is 11.8 Å². The van der Waals surface area contributed by atoms with Gasteiger partial charge in [0.15, 0.2) is 0 Å². The molecule has 0 aromatic carbocycles. The van der Waals surface area contributed by atoms with Gasteiger partial charge in [-0.3, -0.25) is 4.79 Å². The largest absolute Gasteiger partial charge is 0.481 e. The summed E-state index contributed by atoms with van der Waals surface area (Å²) in [6.07, 6.45) is 5.23. The zero-order valence-corrected chi connectivity index (χ0v) is 13.3. The third-order valence-electron chi connectivity index (χ3n) is 5.24. The Morgan fingerprint density at radius 2 is 1.95 bits per heavy atom. The number of urea groups is 1. The van der Waals surface area contributed by atoms with Crippen molar-refractivity contribution in [2.75, 3.05) is 6.54 Å². The first kappa shape index (κ1) is 16.1. The molecule has 2 amide bonds. The molecule has 5 nitrogen and oxygen atoms in total. The molecule has 120 valence electrons. The monoisotopic (exact) mass is 296 g/mol. The van der Waals surface area contributed by atoms with Crippen LogP contribution < -0.4 is 5.32 Å². The maximum atomic E-state index is 12.4. The first-order valence-corrected chi connectivity index (χ1v) is 8.17. The summed E-state index contributed by atoms with van der Waals surface area (Å²) in [5.41, 5.74) is 0. The molecule has 0 radical (unpaired) electrons. The first-order chi connectivity index (χ1) is 9.88. The Balaban J connectivity index is 1.87. The number of carboxylic acid groups (broad SMARTS) is 1. The maximum absolute atomic E-state index is 12.4. The minimum atomic E-state index is -0.866. The van der Waals surface area contributed by atoms with Crippen molar-refractivity contribution in [1.29, 1.82) is 0 Å². The molecule has 4 unspecified atom stereocenters. The minimum absolute atomic E-state index is 0.00584. The van der Waals surface area contributed by atoms with E-state index in [-0.39, 0.29) is 31.1 Å². The lowest BCUT2D eigenvalue weighted by Crippen LogP contribution is -2.50. The number of hydrogen-bond acceptors (Lipinski definition) is 2. The van der Waals surface area contributed by atoms with Crippen LogP contribution in [0.15, 0.2) is 0 Å². The molecule has 0 spiro atoms. The van der Waals surface area contributed by atoms with Crippen molar-refractivity contribution in [3.8, 4) is 0 Å². The molecule has 0 aliphatic heterocycles. The lowest BCUT2D eigenvalue weighted by Gasteiger charge is -2.32. The zero-order chi connectivity index (χ0) is 15.6. The number of rotatable bonds is 6. The molecule has 21 heavy (non-hydrogen) atoms. The highest BCUT2D eigenvalue weighted by atomic mass is 16.4. The second-order valence-electron chi connectivity index (χ2n) is 7.01. The summed E-state index contributed by atoms with van der Waals surface area (Å²) >= 11 is 0. The lowest BCUT2D eigenvalue weighted by atomic mass is 9.84. The van der Waals surface area contributed by atoms with Gasteiger partial charge in [-0.1, -0.05) is 6.42 Å². The van der Waals surface area contributed by atoms with Crippen molar-refractivity contribution < 1.29 is 14.7 Å². The predicted octanol–water partition coefficient (Wildman–Crippen LogP) is 2.71. The third-order valence-corrected chi connectivity index (χ3v) is 5.24. The van der Waals surface area contributed by atoms with Gasteiger partial charge in [0.25, 0.3) is 0 Å². The fraction of sp³-hybridized carbons (Fsp3) is 0.875. The number of nitrogens with one attached hydrogen (secondary N) is 1. The topological polar surface area (TPSA) is 69.6 Å². The zero-order valence-electron chi connectivity index (χ0n) is 13.3. The van der Waals surface area contributed by atoms with Crippen LogP contribution in [0.3, 0.4) is 0 Å². The van der Waals surface area contributed by atoms with Gasteiger partial charge in [0.05, 0.1) is 6.42 Å². The summed E-state index contributed by atoms with van der Waals surface area (Å²) < 4.78 is 0. The number of nitrogens with zero attached hydrogens (tertiary/aromatic N) is 1. The summed E-state index contributed by atoms with van der Waals surface area (Å²) in [5.74, 6) is 1.38. The van der Waals surface area contributed by atoms with Gasteiger partial charge < -0.3 is 15.3 Å². The van der Waals surface area contributed by atoms with Crippen LogP contribution in [0.1, 0.15) is 52.9 Å². The van der Waals surface area contributed by atoms with Gasteiger partial charge in [0.1, 0.15) is 0 Å². The highest BCUT2D eigenvalue weighted by Gasteiger charge is 2.42. The fourth-order valence-corrected chi connectivity index (χ4v) is 4.10. The van der Waals surface area contributed by atoms with E-state index in [0.29, 0.717) is 5.92 Å². The van der Waals surface area contributed by atoms with Crippen molar-refractivity contribution in [3.63, 3.8) is 0 Å². The number of hydrogen-bond donors (Lipinski definition) is 2. The fourth-order valence-electron chi connectivity index (χ4n) is 4.10. The normalized spacial score (nSPS) is 28.7. The molecule has 0 aromatic heterocycles. The van der Waals surface area contributed by atoms with E-state index in [1.54, 1.807) is 4.90 Å². The standard InChI is InChI=1S/C16H28N2O3/c1-10(2)18(7-6-15(19)20)16(21)17-11(3)14-9-12-4-5-13(14)8-12/h10-14H,4-9H2,1-3H3,(H,17,21)(H,19,20). The SMILES string of the molecule is CC(NC(=O)N(CCC(=O)O)C(C)C)C1CC2CCC1C2. The van der Waals surface area contributed by atoms with Crippen molar-refractivity contribution >= 4 is 12.0 Å². The van der Waals surface area contributed by atoms with Crippen LogP contribution in [-0.2, 0) is 4.79 Å². The second kappa shape index (κ2) is 6.67. The maximum Gasteiger partial charge on any atom is 0.317 e. The van der Waals surface area contributed by atoms with Crippen molar-refractivity contribution in [2.45, 2.75) is 65.0 Å². The number of fused-ring (bicyclic) bond motifs is 2. The van der Waals surface area contributed by atoms with Gasteiger partial charge >= 0.3 is 12.0 Å². The van der Waals surface area contributed by atoms with Crippen LogP contribution in [0.5, 0.6) is 0 Å². The van der Waals surface area contributed by atoms with Crippen LogP contribution in [0, 0.1) is 17.8 Å². The van der Waals surface area contributed by atoms with Crippen LogP contribution in [0.25, 0.3) is 0 Å². The third kappa shape index (κ3) is 3.89. The summed E-state index contributed by atoms with van der Waals surface area (Å²) in [6, 6.07) is 0.0666. The van der Waals surface area contributed by atoms with Crippen LogP contribution in [0.4, 0.5) is 4.79 Å². The summed E-state index contributed by atoms with van der Waals surface area (Å²) in [7, 11) is 0. The summed E-state index contributed by atoms with van der Waals surface area (Å²) in [4.78, 5) is 24.7. The van der Waals surface area contributed by atoms with E-state index in [9.17, 15) is 9.59 Å². The predicted molar refractivity (Wildman–Crippen MR) is 81.0 cm³/mol. The molecule has 2 aliphatic carbocycles. The number of carboxylic acids is 1. The molecule has 2 N–H and O–H groups in total. The Kier molecular flexibility index (Phi) is 5.12. The van der Waals surface area contributed by atoms with Gasteiger partial charge in [0, 0.05) is 18.6 Å². The Labute approximate surface area is 127 Å². The van der Waals surface area contributed by atoms with Gasteiger partial charge in [-0.15, -0.1) is 0 Å². The van der Waals surface area contributed by atoms with E-state index in [4.69, 9.17) is 5.11 Å². The van der Waals surface area contributed by atoms with E-state index < -0.39 is 5.97 Å². The first-order valence-electron chi connectivity index (χ1n) is 8.17. The molecule has 2 aliphatic rings. The average molecular weight is 296 g/mol. The number of carbonyl (C=O) groups is 2. The van der Waals surface area contributed by atoms with Crippen LogP contribution >= 0.6 is 0 Å². The molecule has 2 rings (SSSR count). The van der Waals surface area contributed by atoms with Gasteiger partial charge in [-0.2, -0.15) is 0 Å². The molecule has 0 saturated heterocycles. The molecule has 2 bridgehead atoms. The molecule has 2 fully saturated rings. The summed E-state index contributed by atoms with van der Waals surface area (Å²) in [5, 5.41) is 11.9. The van der Waals surface area contributed by atoms with E-state index in [2.05, 4.69) is 12.2 Å². The molecule has 2 saturated carbocycles. The minimum Gasteiger partial charge on any atom is -0.481 e. The van der Waals surface area contributed by atoms with Crippen molar-refractivity contribution in [3.05, 3.63) is 0 Å². The molecular formula is C16H28N2O3. The van der Waals surface area contributed by atoms with Gasteiger partial charge in [0.2, 0.25) is 0 Å². The van der Waals surface area contributed by atoms with E-state index in [1.807, 2.05) is 13.8 Å². The van der Waals surface area contributed by atoms with E-state index in [1.165, 1.54) is 25.7 Å². The van der Waals surface area contributed by atoms with Crippen LogP contribution in [0.2, 0.25) is 0 Å². The summed E-state index contributed by atoms with van der Waals surface area (Å²) in [6.45, 7) is 6.20.